The third kappa shape index (κ3) is 1.42. The fraction of sp³-hybridized carbons (Fsp3) is 0.200. The maximum absolute atomic E-state index is 4.75. The van der Waals surface area contributed by atoms with E-state index in [0.717, 1.165) is 5.46 Å². The Morgan fingerprint density at radius 1 is 1.44 bits per heavy atom. The van der Waals surface area contributed by atoms with E-state index in [4.69, 9.17) is 4.74 Å². The Hall–Kier alpha value is -1.06. The van der Waals surface area contributed by atoms with Gasteiger partial charge in [-0.2, -0.15) is 0 Å². The first-order valence-electron chi connectivity index (χ1n) is 2.65. The fourth-order valence-electron chi connectivity index (χ4n) is 0.486. The van der Waals surface area contributed by atoms with Crippen LogP contribution in [0.15, 0.2) is 12.4 Å². The van der Waals surface area contributed by atoms with Gasteiger partial charge in [-0.05, 0) is 0 Å². The van der Waals surface area contributed by atoms with E-state index in [-0.39, 0.29) is 0 Å². The number of hydrogen-bond donors (Lipinski definition) is 0. The average Bonchev–Trinajstić information content (AvgIpc) is 1.90. The van der Waals surface area contributed by atoms with E-state index in [1.165, 1.54) is 0 Å². The summed E-state index contributed by atoms with van der Waals surface area (Å²) in [6.45, 7) is 0. The molecule has 1 aromatic rings. The number of methoxy groups -OCH3 is 1. The maximum Gasteiger partial charge on any atom is 0.315 e. The smallest absolute Gasteiger partial charge is 0.315 e. The lowest BCUT2D eigenvalue weighted by Crippen LogP contribution is -2.04. The maximum atomic E-state index is 4.75. The topological polar surface area (TPSA) is 35.0 Å². The van der Waals surface area contributed by atoms with Crippen LogP contribution in [0.3, 0.4) is 0 Å². The molecular formula is C5H7BN2O. The number of ether oxygens (including phenoxy) is 1. The zero-order valence-electron chi connectivity index (χ0n) is 5.46. The monoisotopic (exact) mass is 122 g/mol. The summed E-state index contributed by atoms with van der Waals surface area (Å²) in [6, 6.07) is 0.417. The van der Waals surface area contributed by atoms with Crippen molar-refractivity contribution in [1.82, 2.24) is 9.97 Å². The van der Waals surface area contributed by atoms with Crippen molar-refractivity contribution >= 4 is 13.3 Å². The molecule has 0 unspecified atom stereocenters. The number of hydrogen-bond acceptors (Lipinski definition) is 3. The first kappa shape index (κ1) is 6.07. The first-order chi connectivity index (χ1) is 4.33. The predicted molar refractivity (Wildman–Crippen MR) is 36.8 cm³/mol. The van der Waals surface area contributed by atoms with E-state index in [0.29, 0.717) is 6.01 Å². The van der Waals surface area contributed by atoms with Gasteiger partial charge in [0.15, 0.2) is 0 Å². The van der Waals surface area contributed by atoms with Gasteiger partial charge in [-0.1, -0.05) is 5.46 Å². The molecular weight excluding hydrogens is 115 g/mol. The van der Waals surface area contributed by atoms with Crippen molar-refractivity contribution in [3.05, 3.63) is 12.4 Å². The molecule has 0 aliphatic heterocycles. The van der Waals surface area contributed by atoms with E-state index >= 15 is 0 Å². The highest BCUT2D eigenvalue weighted by molar-refractivity contribution is 6.31. The molecule has 0 fully saturated rings. The normalized spacial score (nSPS) is 9.00. The molecule has 0 spiro atoms. The largest absolute Gasteiger partial charge is 0.467 e. The molecule has 0 aliphatic rings. The number of nitrogens with zero attached hydrogens (tertiary/aromatic N) is 2. The molecule has 9 heavy (non-hydrogen) atoms. The minimum absolute atomic E-state index is 0.417. The Labute approximate surface area is 54.5 Å². The van der Waals surface area contributed by atoms with Gasteiger partial charge in [0.25, 0.3) is 0 Å². The van der Waals surface area contributed by atoms with E-state index < -0.39 is 0 Å². The molecule has 1 rings (SSSR count). The Bertz CT molecular complexity index is 187. The number of aromatic nitrogens is 2. The highest BCUT2D eigenvalue weighted by atomic mass is 16.5. The summed E-state index contributed by atoms with van der Waals surface area (Å²) >= 11 is 0. The molecule has 1 heterocycles. The Balaban J connectivity index is 2.88. The van der Waals surface area contributed by atoms with Crippen LogP contribution in [0.2, 0.25) is 0 Å². The van der Waals surface area contributed by atoms with Crippen LogP contribution in [-0.2, 0) is 0 Å². The SMILES string of the molecule is Bc1cnc(OC)nc1. The van der Waals surface area contributed by atoms with Gasteiger partial charge >= 0.3 is 6.01 Å². The highest BCUT2D eigenvalue weighted by Crippen LogP contribution is 1.91. The van der Waals surface area contributed by atoms with Crippen LogP contribution in [0, 0.1) is 0 Å². The molecule has 0 amide bonds. The molecule has 0 saturated carbocycles. The van der Waals surface area contributed by atoms with Gasteiger partial charge in [0.2, 0.25) is 0 Å². The third-order valence-corrected chi connectivity index (χ3v) is 0.940. The van der Waals surface area contributed by atoms with Gasteiger partial charge in [0.1, 0.15) is 7.85 Å². The van der Waals surface area contributed by atoms with Crippen molar-refractivity contribution in [1.29, 1.82) is 0 Å². The summed E-state index contributed by atoms with van der Waals surface area (Å²) in [7, 11) is 3.48. The molecule has 0 saturated heterocycles. The summed E-state index contributed by atoms with van der Waals surface area (Å²) in [5.41, 5.74) is 1.04. The zero-order valence-corrected chi connectivity index (χ0v) is 5.46. The fourth-order valence-corrected chi connectivity index (χ4v) is 0.486. The van der Waals surface area contributed by atoms with Crippen LogP contribution in [0.4, 0.5) is 0 Å². The predicted octanol–water partition coefficient (Wildman–Crippen LogP) is -1.26. The summed E-state index contributed by atoms with van der Waals surface area (Å²) in [5.74, 6) is 0. The van der Waals surface area contributed by atoms with Gasteiger partial charge in [0.05, 0.1) is 7.11 Å². The highest BCUT2D eigenvalue weighted by Gasteiger charge is 1.89. The minimum Gasteiger partial charge on any atom is -0.467 e. The van der Waals surface area contributed by atoms with Crippen molar-refractivity contribution in [2.75, 3.05) is 7.11 Å². The Kier molecular flexibility index (Phi) is 1.67. The summed E-state index contributed by atoms with van der Waals surface area (Å²) in [6.07, 6.45) is 3.43. The lowest BCUT2D eigenvalue weighted by atomic mass is 10.0. The molecule has 0 aliphatic carbocycles. The molecule has 3 nitrogen and oxygen atoms in total. The van der Waals surface area contributed by atoms with Crippen molar-refractivity contribution in [3.63, 3.8) is 0 Å². The van der Waals surface area contributed by atoms with Gasteiger partial charge in [-0.3, -0.25) is 0 Å². The van der Waals surface area contributed by atoms with Gasteiger partial charge in [-0.25, -0.2) is 9.97 Å². The third-order valence-electron chi connectivity index (χ3n) is 0.940. The number of rotatable bonds is 1. The molecule has 0 aromatic carbocycles. The van der Waals surface area contributed by atoms with Gasteiger partial charge < -0.3 is 4.74 Å². The second-order valence-electron chi connectivity index (χ2n) is 1.75. The lowest BCUT2D eigenvalue weighted by Gasteiger charge is -1.94. The van der Waals surface area contributed by atoms with E-state index in [1.807, 2.05) is 7.85 Å². The van der Waals surface area contributed by atoms with Crippen LogP contribution in [0.25, 0.3) is 0 Å². The van der Waals surface area contributed by atoms with Crippen LogP contribution < -0.4 is 10.2 Å². The Morgan fingerprint density at radius 3 is 2.44 bits per heavy atom. The van der Waals surface area contributed by atoms with Gasteiger partial charge in [-0.15, -0.1) is 0 Å². The quantitative estimate of drug-likeness (QED) is 0.436. The second kappa shape index (κ2) is 2.48. The van der Waals surface area contributed by atoms with E-state index in [2.05, 4.69) is 9.97 Å². The molecule has 4 heteroatoms. The summed E-state index contributed by atoms with van der Waals surface area (Å²) in [5, 5.41) is 0. The van der Waals surface area contributed by atoms with Crippen molar-refractivity contribution < 1.29 is 4.74 Å². The molecule has 1 aromatic heterocycles. The average molecular weight is 122 g/mol. The first-order valence-corrected chi connectivity index (χ1v) is 2.65. The van der Waals surface area contributed by atoms with E-state index in [9.17, 15) is 0 Å². The van der Waals surface area contributed by atoms with Crippen molar-refractivity contribution in [2.24, 2.45) is 0 Å². The van der Waals surface area contributed by atoms with Crippen LogP contribution in [0.5, 0.6) is 6.01 Å². The standard InChI is InChI=1S/C5H7BN2O/c1-9-5-7-2-4(6)3-8-5/h2-3H,6H2,1H3. The molecule has 0 bridgehead atoms. The summed E-state index contributed by atoms with van der Waals surface area (Å²) < 4.78 is 4.75. The molecule has 0 radical (unpaired) electrons. The second-order valence-corrected chi connectivity index (χ2v) is 1.75. The van der Waals surface area contributed by atoms with E-state index in [1.54, 1.807) is 19.5 Å². The van der Waals surface area contributed by atoms with Crippen LogP contribution >= 0.6 is 0 Å². The molecule has 0 atom stereocenters. The van der Waals surface area contributed by atoms with Crippen molar-refractivity contribution in [3.8, 4) is 6.01 Å². The molecule has 0 N–H and O–H groups in total. The van der Waals surface area contributed by atoms with Crippen LogP contribution in [0.1, 0.15) is 0 Å². The Morgan fingerprint density at radius 2 is 2.00 bits per heavy atom. The zero-order chi connectivity index (χ0) is 6.69. The van der Waals surface area contributed by atoms with Crippen LogP contribution in [-0.4, -0.2) is 24.9 Å². The summed E-state index contributed by atoms with van der Waals surface area (Å²) in [4.78, 5) is 7.73. The van der Waals surface area contributed by atoms with Gasteiger partial charge in [0, 0.05) is 12.4 Å². The van der Waals surface area contributed by atoms with Crippen molar-refractivity contribution in [2.45, 2.75) is 0 Å². The lowest BCUT2D eigenvalue weighted by molar-refractivity contribution is 0.380. The molecule has 46 valence electrons. The minimum atomic E-state index is 0.417.